The standard InChI is InChI=1S/C24H40N2/c1-13-19-9-17(23(19,5)6)11-21(13)25-15(3)16(4)26-22-12-18-10-20(14(22)2)24(18,7)8/h13-14,17-22H,9-12H2,1-8H3. The Bertz CT molecular complexity index is 585. The van der Waals surface area contributed by atoms with Gasteiger partial charge in [-0.15, -0.1) is 0 Å². The number of hydrogen-bond acceptors (Lipinski definition) is 2. The average Bonchev–Trinajstić information content (AvgIpc) is 2.57. The van der Waals surface area contributed by atoms with Crippen LogP contribution in [0.25, 0.3) is 0 Å². The molecule has 6 saturated carbocycles. The van der Waals surface area contributed by atoms with Crippen LogP contribution in [0.4, 0.5) is 0 Å². The van der Waals surface area contributed by atoms with Gasteiger partial charge in [-0.25, -0.2) is 0 Å². The molecule has 0 radical (unpaired) electrons. The van der Waals surface area contributed by atoms with Gasteiger partial charge in [0.05, 0.1) is 23.5 Å². The quantitative estimate of drug-likeness (QED) is 0.550. The molecule has 0 aromatic rings. The van der Waals surface area contributed by atoms with Gasteiger partial charge < -0.3 is 0 Å². The highest BCUT2D eigenvalue weighted by atomic mass is 14.9. The van der Waals surface area contributed by atoms with Gasteiger partial charge in [-0.05, 0) is 85.9 Å². The van der Waals surface area contributed by atoms with Gasteiger partial charge in [-0.1, -0.05) is 41.5 Å². The molecule has 0 aromatic heterocycles. The molecule has 0 amide bonds. The zero-order valence-electron chi connectivity index (χ0n) is 18.3. The summed E-state index contributed by atoms with van der Waals surface area (Å²) in [5.41, 5.74) is 3.50. The summed E-state index contributed by atoms with van der Waals surface area (Å²) in [4.78, 5) is 10.4. The minimum atomic E-state index is 0.521. The van der Waals surface area contributed by atoms with Crippen LogP contribution in [-0.2, 0) is 0 Å². The zero-order valence-corrected chi connectivity index (χ0v) is 18.3. The van der Waals surface area contributed by atoms with Gasteiger partial charge >= 0.3 is 0 Å². The predicted octanol–water partition coefficient (Wildman–Crippen LogP) is 6.05. The predicted molar refractivity (Wildman–Crippen MR) is 112 cm³/mol. The van der Waals surface area contributed by atoms with E-state index >= 15 is 0 Å². The van der Waals surface area contributed by atoms with E-state index in [1.54, 1.807) is 0 Å². The normalized spacial score (nSPS) is 49.2. The zero-order chi connectivity index (χ0) is 19.0. The van der Waals surface area contributed by atoms with Crippen molar-refractivity contribution in [1.82, 2.24) is 0 Å². The van der Waals surface area contributed by atoms with E-state index < -0.39 is 0 Å². The fourth-order valence-electron chi connectivity index (χ4n) is 7.27. The minimum Gasteiger partial charge on any atom is -0.285 e. The number of aliphatic imine (C=N–C) groups is 2. The van der Waals surface area contributed by atoms with E-state index in [-0.39, 0.29) is 0 Å². The molecule has 2 heteroatoms. The van der Waals surface area contributed by atoms with Crippen molar-refractivity contribution in [1.29, 1.82) is 0 Å². The molecule has 4 bridgehead atoms. The van der Waals surface area contributed by atoms with Gasteiger partial charge in [0.25, 0.3) is 0 Å². The lowest BCUT2D eigenvalue weighted by Gasteiger charge is -2.61. The van der Waals surface area contributed by atoms with Crippen molar-refractivity contribution in [2.75, 3.05) is 0 Å². The van der Waals surface area contributed by atoms with Crippen molar-refractivity contribution in [3.05, 3.63) is 0 Å². The van der Waals surface area contributed by atoms with E-state index in [9.17, 15) is 0 Å². The minimum absolute atomic E-state index is 0.521. The van der Waals surface area contributed by atoms with Crippen molar-refractivity contribution in [2.45, 2.75) is 93.2 Å². The first-order valence-electron chi connectivity index (χ1n) is 11.1. The first-order valence-corrected chi connectivity index (χ1v) is 11.1. The second-order valence-corrected chi connectivity index (χ2v) is 11.5. The Morgan fingerprint density at radius 2 is 1.00 bits per heavy atom. The van der Waals surface area contributed by atoms with Gasteiger partial charge in [0.15, 0.2) is 0 Å². The fourth-order valence-corrected chi connectivity index (χ4v) is 7.27. The highest BCUT2D eigenvalue weighted by molar-refractivity contribution is 6.40. The highest BCUT2D eigenvalue weighted by Gasteiger charge is 2.57. The third-order valence-corrected chi connectivity index (χ3v) is 9.87. The summed E-state index contributed by atoms with van der Waals surface area (Å²) in [6.07, 6.45) is 5.44. The molecule has 0 aliphatic heterocycles. The molecule has 6 fully saturated rings. The van der Waals surface area contributed by atoms with Crippen LogP contribution >= 0.6 is 0 Å². The number of fused-ring (bicyclic) bond motifs is 4. The van der Waals surface area contributed by atoms with E-state index in [0.717, 1.165) is 35.5 Å². The lowest BCUT2D eigenvalue weighted by Crippen LogP contribution is -2.56. The molecule has 6 aliphatic rings. The van der Waals surface area contributed by atoms with E-state index in [1.165, 1.54) is 37.1 Å². The maximum absolute atomic E-state index is 5.20. The van der Waals surface area contributed by atoms with Gasteiger partial charge in [0, 0.05) is 0 Å². The van der Waals surface area contributed by atoms with Gasteiger partial charge in [-0.3, -0.25) is 9.98 Å². The molecular formula is C24H40N2. The molecule has 8 atom stereocenters. The molecule has 0 aromatic carbocycles. The van der Waals surface area contributed by atoms with Crippen LogP contribution in [0.15, 0.2) is 9.98 Å². The van der Waals surface area contributed by atoms with Crippen molar-refractivity contribution < 1.29 is 0 Å². The highest BCUT2D eigenvalue weighted by Crippen LogP contribution is 2.62. The molecule has 146 valence electrons. The topological polar surface area (TPSA) is 24.7 Å². The van der Waals surface area contributed by atoms with Crippen LogP contribution in [-0.4, -0.2) is 23.5 Å². The van der Waals surface area contributed by atoms with Crippen LogP contribution in [0.3, 0.4) is 0 Å². The van der Waals surface area contributed by atoms with Crippen LogP contribution in [0.1, 0.15) is 81.1 Å². The summed E-state index contributed by atoms with van der Waals surface area (Å²) in [6.45, 7) is 19.2. The summed E-state index contributed by atoms with van der Waals surface area (Å²) in [5, 5.41) is 0. The summed E-state index contributed by atoms with van der Waals surface area (Å²) in [7, 11) is 0. The summed E-state index contributed by atoms with van der Waals surface area (Å²) >= 11 is 0. The van der Waals surface area contributed by atoms with Crippen molar-refractivity contribution in [2.24, 2.45) is 56.3 Å². The van der Waals surface area contributed by atoms with Crippen LogP contribution in [0.5, 0.6) is 0 Å². The molecule has 0 N–H and O–H groups in total. The first-order chi connectivity index (χ1) is 12.0. The fraction of sp³-hybridized carbons (Fsp3) is 0.917. The monoisotopic (exact) mass is 356 g/mol. The Labute approximate surface area is 161 Å². The molecule has 0 heterocycles. The average molecular weight is 357 g/mol. The lowest BCUT2D eigenvalue weighted by atomic mass is 9.45. The second-order valence-electron chi connectivity index (χ2n) is 11.5. The van der Waals surface area contributed by atoms with Crippen LogP contribution in [0.2, 0.25) is 0 Å². The Kier molecular flexibility index (Phi) is 4.25. The van der Waals surface area contributed by atoms with Crippen molar-refractivity contribution in [3.8, 4) is 0 Å². The molecular weight excluding hydrogens is 316 g/mol. The van der Waals surface area contributed by atoms with Crippen molar-refractivity contribution >= 4 is 11.4 Å². The largest absolute Gasteiger partial charge is 0.285 e. The Balaban J connectivity index is 1.44. The van der Waals surface area contributed by atoms with Gasteiger partial charge in [0.1, 0.15) is 0 Å². The second kappa shape index (κ2) is 5.92. The van der Waals surface area contributed by atoms with Gasteiger partial charge in [0.2, 0.25) is 0 Å². The Hall–Kier alpha value is -0.660. The first kappa shape index (κ1) is 18.7. The van der Waals surface area contributed by atoms with E-state index in [2.05, 4.69) is 55.4 Å². The smallest absolute Gasteiger partial charge is 0.0534 e. The Morgan fingerprint density at radius 3 is 1.27 bits per heavy atom. The number of rotatable bonds is 3. The Morgan fingerprint density at radius 1 is 0.654 bits per heavy atom. The molecule has 6 rings (SSSR count). The summed E-state index contributed by atoms with van der Waals surface area (Å²) < 4.78 is 0. The molecule has 26 heavy (non-hydrogen) atoms. The molecule has 0 saturated heterocycles. The van der Waals surface area contributed by atoms with Gasteiger partial charge in [-0.2, -0.15) is 0 Å². The lowest BCUT2D eigenvalue weighted by molar-refractivity contribution is -0.108. The van der Waals surface area contributed by atoms with E-state index in [4.69, 9.17) is 9.98 Å². The van der Waals surface area contributed by atoms with Crippen LogP contribution in [0, 0.1) is 46.3 Å². The van der Waals surface area contributed by atoms with Crippen molar-refractivity contribution in [3.63, 3.8) is 0 Å². The van der Waals surface area contributed by atoms with E-state index in [1.807, 2.05) is 0 Å². The van der Waals surface area contributed by atoms with E-state index in [0.29, 0.717) is 22.9 Å². The maximum Gasteiger partial charge on any atom is 0.0534 e. The third kappa shape index (κ3) is 2.57. The molecule has 8 unspecified atom stereocenters. The summed E-state index contributed by atoms with van der Waals surface area (Å²) in [5.74, 6) is 4.95. The number of nitrogens with zero attached hydrogens (tertiary/aromatic N) is 2. The molecule has 6 aliphatic carbocycles. The maximum atomic E-state index is 5.20. The third-order valence-electron chi connectivity index (χ3n) is 9.87. The summed E-state index contributed by atoms with van der Waals surface area (Å²) in [6, 6.07) is 1.04. The molecule has 0 spiro atoms. The van der Waals surface area contributed by atoms with Crippen LogP contribution < -0.4 is 0 Å². The molecule has 2 nitrogen and oxygen atoms in total. The SMILES string of the molecule is CC(=NC1CC2CC(C1C)C2(C)C)C(C)=NC1CC2CC(C1C)C2(C)C. The number of hydrogen-bond donors (Lipinski definition) is 0.